The maximum absolute atomic E-state index is 12.6. The van der Waals surface area contributed by atoms with Crippen LogP contribution in [0.3, 0.4) is 0 Å². The number of hydrogen-bond donors (Lipinski definition) is 0. The van der Waals surface area contributed by atoms with Crippen LogP contribution in [0.15, 0.2) is 85.5 Å². The van der Waals surface area contributed by atoms with Gasteiger partial charge < -0.3 is 14.2 Å². The van der Waals surface area contributed by atoms with Crippen molar-refractivity contribution in [2.24, 2.45) is 5.92 Å². The molecule has 0 heterocycles. The van der Waals surface area contributed by atoms with Crippen molar-refractivity contribution in [1.82, 2.24) is 0 Å². The summed E-state index contributed by atoms with van der Waals surface area (Å²) < 4.78 is 17.1. The fraction of sp³-hybridized carbons (Fsp3) is 0.344. The molecule has 190 valence electrons. The van der Waals surface area contributed by atoms with Crippen LogP contribution in [0.4, 0.5) is 0 Å². The summed E-state index contributed by atoms with van der Waals surface area (Å²) >= 11 is 0. The Morgan fingerprint density at radius 3 is 1.97 bits per heavy atom. The lowest BCUT2D eigenvalue weighted by atomic mass is 10.0. The van der Waals surface area contributed by atoms with E-state index < -0.39 is 0 Å². The summed E-state index contributed by atoms with van der Waals surface area (Å²) in [6.45, 7) is 9.50. The maximum atomic E-state index is 12.6. The average molecular weight is 487 g/mol. The van der Waals surface area contributed by atoms with E-state index in [0.717, 1.165) is 54.9 Å². The van der Waals surface area contributed by atoms with Gasteiger partial charge in [-0.1, -0.05) is 63.5 Å². The zero-order valence-corrected chi connectivity index (χ0v) is 21.6. The van der Waals surface area contributed by atoms with E-state index in [4.69, 9.17) is 14.2 Å². The molecule has 0 aromatic heterocycles. The van der Waals surface area contributed by atoms with Crippen LogP contribution in [0.25, 0.3) is 11.1 Å². The van der Waals surface area contributed by atoms with Gasteiger partial charge in [0, 0.05) is 0 Å². The molecule has 4 heteroatoms. The number of hydrogen-bond acceptors (Lipinski definition) is 4. The highest BCUT2D eigenvalue weighted by Crippen LogP contribution is 2.24. The molecule has 0 spiro atoms. The first-order chi connectivity index (χ1) is 17.6. The van der Waals surface area contributed by atoms with Crippen LogP contribution in [0, 0.1) is 5.92 Å². The Hall–Kier alpha value is -3.53. The Bertz CT molecular complexity index is 1050. The molecular weight excluding hydrogens is 448 g/mol. The fourth-order valence-electron chi connectivity index (χ4n) is 3.60. The van der Waals surface area contributed by atoms with E-state index in [1.165, 1.54) is 12.8 Å². The van der Waals surface area contributed by atoms with Gasteiger partial charge in [-0.05, 0) is 84.8 Å². The Morgan fingerprint density at radius 1 is 0.778 bits per heavy atom. The lowest BCUT2D eigenvalue weighted by Crippen LogP contribution is -2.08. The van der Waals surface area contributed by atoms with Gasteiger partial charge in [-0.3, -0.25) is 0 Å². The summed E-state index contributed by atoms with van der Waals surface area (Å²) in [5.41, 5.74) is 2.60. The predicted molar refractivity (Wildman–Crippen MR) is 147 cm³/mol. The van der Waals surface area contributed by atoms with Gasteiger partial charge in [0.15, 0.2) is 0 Å². The largest absolute Gasteiger partial charge is 0.494 e. The molecule has 36 heavy (non-hydrogen) atoms. The minimum absolute atomic E-state index is 0.386. The number of carbonyl (C=O) groups excluding carboxylic acids is 1. The normalized spacial score (nSPS) is 11.5. The van der Waals surface area contributed by atoms with Crippen LogP contribution < -0.4 is 14.2 Å². The third kappa shape index (κ3) is 8.92. The van der Waals surface area contributed by atoms with Gasteiger partial charge in [-0.25, -0.2) is 4.79 Å². The van der Waals surface area contributed by atoms with Gasteiger partial charge >= 0.3 is 5.97 Å². The predicted octanol–water partition coefficient (Wildman–Crippen LogP) is 8.51. The molecule has 0 saturated heterocycles. The highest BCUT2D eigenvalue weighted by molar-refractivity contribution is 5.91. The monoisotopic (exact) mass is 486 g/mol. The number of rotatable bonds is 15. The van der Waals surface area contributed by atoms with E-state index in [-0.39, 0.29) is 5.97 Å². The summed E-state index contributed by atoms with van der Waals surface area (Å²) in [5.74, 6) is 2.30. The molecule has 3 aromatic rings. The van der Waals surface area contributed by atoms with Crippen molar-refractivity contribution in [2.45, 2.75) is 52.4 Å². The second-order valence-corrected chi connectivity index (χ2v) is 9.13. The van der Waals surface area contributed by atoms with E-state index in [1.54, 1.807) is 24.3 Å². The molecule has 3 aromatic carbocycles. The molecule has 0 saturated carbocycles. The number of esters is 1. The molecule has 0 aliphatic carbocycles. The number of carbonyl (C=O) groups is 1. The van der Waals surface area contributed by atoms with Crippen molar-refractivity contribution in [3.8, 4) is 28.4 Å². The quantitative estimate of drug-likeness (QED) is 0.0934. The van der Waals surface area contributed by atoms with Gasteiger partial charge in [0.05, 0.1) is 18.8 Å². The first-order valence-electron chi connectivity index (χ1n) is 13.0. The van der Waals surface area contributed by atoms with E-state index in [2.05, 4.69) is 20.4 Å². The van der Waals surface area contributed by atoms with E-state index in [9.17, 15) is 4.79 Å². The summed E-state index contributed by atoms with van der Waals surface area (Å²) in [6, 6.07) is 22.7. The molecule has 0 fully saturated rings. The van der Waals surface area contributed by atoms with Crippen molar-refractivity contribution in [3.63, 3.8) is 0 Å². The zero-order valence-electron chi connectivity index (χ0n) is 21.6. The SMILES string of the molecule is C=CCCCCCCOc1ccc(OC(=O)c2ccc(-c3ccc(OCC(C)CC)cc3)cc2)cc1. The Kier molecular flexibility index (Phi) is 11.1. The fourth-order valence-corrected chi connectivity index (χ4v) is 3.60. The third-order valence-electron chi connectivity index (χ3n) is 6.15. The summed E-state index contributed by atoms with van der Waals surface area (Å²) in [5, 5.41) is 0. The lowest BCUT2D eigenvalue weighted by Gasteiger charge is -2.11. The number of unbranched alkanes of at least 4 members (excludes halogenated alkanes) is 4. The lowest BCUT2D eigenvalue weighted by molar-refractivity contribution is 0.0734. The molecule has 0 aliphatic heterocycles. The Balaban J connectivity index is 1.46. The highest BCUT2D eigenvalue weighted by atomic mass is 16.5. The number of ether oxygens (including phenoxy) is 3. The van der Waals surface area contributed by atoms with E-state index >= 15 is 0 Å². The van der Waals surface area contributed by atoms with Crippen LogP contribution in [-0.4, -0.2) is 19.2 Å². The van der Waals surface area contributed by atoms with Crippen LogP contribution in [-0.2, 0) is 0 Å². The smallest absolute Gasteiger partial charge is 0.343 e. The minimum atomic E-state index is -0.386. The van der Waals surface area contributed by atoms with Crippen LogP contribution in [0.5, 0.6) is 17.2 Å². The third-order valence-corrected chi connectivity index (χ3v) is 6.15. The van der Waals surface area contributed by atoms with Crippen molar-refractivity contribution in [2.75, 3.05) is 13.2 Å². The van der Waals surface area contributed by atoms with Gasteiger partial charge in [0.2, 0.25) is 0 Å². The molecule has 4 nitrogen and oxygen atoms in total. The molecule has 1 unspecified atom stereocenters. The maximum Gasteiger partial charge on any atom is 0.343 e. The topological polar surface area (TPSA) is 44.8 Å². The molecule has 0 aliphatic rings. The molecular formula is C32H38O4. The van der Waals surface area contributed by atoms with Gasteiger partial charge in [0.1, 0.15) is 17.2 Å². The average Bonchev–Trinajstić information content (AvgIpc) is 2.92. The van der Waals surface area contributed by atoms with Crippen LogP contribution in [0.1, 0.15) is 62.7 Å². The summed E-state index contributed by atoms with van der Waals surface area (Å²) in [4.78, 5) is 12.6. The minimum Gasteiger partial charge on any atom is -0.494 e. The first kappa shape index (κ1) is 27.1. The molecule has 3 rings (SSSR count). The highest BCUT2D eigenvalue weighted by Gasteiger charge is 2.10. The first-order valence-corrected chi connectivity index (χ1v) is 13.0. The molecule has 0 N–H and O–H groups in total. The van der Waals surface area contributed by atoms with Gasteiger partial charge in [-0.2, -0.15) is 0 Å². The van der Waals surface area contributed by atoms with Crippen molar-refractivity contribution >= 4 is 5.97 Å². The molecule has 1 atom stereocenters. The van der Waals surface area contributed by atoms with Gasteiger partial charge in [-0.15, -0.1) is 6.58 Å². The molecule has 0 radical (unpaired) electrons. The van der Waals surface area contributed by atoms with Crippen molar-refractivity contribution < 1.29 is 19.0 Å². The Labute approximate surface area is 215 Å². The standard InChI is InChI=1S/C32H38O4/c1-4-6-7-8-9-10-23-34-29-19-21-31(22-20-29)36-32(33)28-13-11-26(12-14-28)27-15-17-30(18-16-27)35-24-25(3)5-2/h4,11-22,25H,1,5-10,23-24H2,2-3H3. The number of benzene rings is 3. The van der Waals surface area contributed by atoms with Crippen LogP contribution in [0.2, 0.25) is 0 Å². The molecule has 0 bridgehead atoms. The number of allylic oxidation sites excluding steroid dienone is 1. The zero-order chi connectivity index (χ0) is 25.6. The second-order valence-electron chi connectivity index (χ2n) is 9.13. The van der Waals surface area contributed by atoms with Gasteiger partial charge in [0.25, 0.3) is 0 Å². The Morgan fingerprint density at radius 2 is 1.33 bits per heavy atom. The summed E-state index contributed by atoms with van der Waals surface area (Å²) in [6.07, 6.45) is 8.71. The van der Waals surface area contributed by atoms with Crippen molar-refractivity contribution in [1.29, 1.82) is 0 Å². The van der Waals surface area contributed by atoms with E-state index in [0.29, 0.717) is 23.8 Å². The van der Waals surface area contributed by atoms with Crippen LogP contribution >= 0.6 is 0 Å². The van der Waals surface area contributed by atoms with E-state index in [1.807, 2.05) is 54.6 Å². The van der Waals surface area contributed by atoms with Crippen molar-refractivity contribution in [3.05, 3.63) is 91.0 Å². The molecule has 0 amide bonds. The second kappa shape index (κ2) is 14.8. The summed E-state index contributed by atoms with van der Waals surface area (Å²) in [7, 11) is 0.